The van der Waals surface area contributed by atoms with Crippen molar-refractivity contribution in [3.63, 3.8) is 0 Å². The predicted molar refractivity (Wildman–Crippen MR) is 129 cm³/mol. The van der Waals surface area contributed by atoms with E-state index in [0.29, 0.717) is 5.69 Å². The van der Waals surface area contributed by atoms with Gasteiger partial charge in [-0.05, 0) is 6.07 Å². The molecule has 1 amide bonds. The van der Waals surface area contributed by atoms with Gasteiger partial charge in [0.2, 0.25) is 0 Å². The Kier molecular flexibility index (Phi) is 6.04. The molecule has 33 heavy (non-hydrogen) atoms. The highest BCUT2D eigenvalue weighted by molar-refractivity contribution is 5.93. The van der Waals surface area contributed by atoms with Gasteiger partial charge in [0, 0.05) is 69.8 Å². The summed E-state index contributed by atoms with van der Waals surface area (Å²) in [6, 6.07) is 22.1. The fourth-order valence-corrected chi connectivity index (χ4v) is 4.34. The summed E-state index contributed by atoms with van der Waals surface area (Å²) >= 11 is 0. The van der Waals surface area contributed by atoms with Crippen LogP contribution in [0.25, 0.3) is 22.6 Å². The molecule has 0 saturated carbocycles. The molecule has 2 aromatic heterocycles. The van der Waals surface area contributed by atoms with Crippen LogP contribution < -0.4 is 0 Å². The zero-order valence-electron chi connectivity index (χ0n) is 18.8. The van der Waals surface area contributed by atoms with Crippen LogP contribution in [0.4, 0.5) is 0 Å². The van der Waals surface area contributed by atoms with Crippen molar-refractivity contribution in [3.05, 3.63) is 84.8 Å². The van der Waals surface area contributed by atoms with E-state index in [-0.39, 0.29) is 5.91 Å². The molecule has 168 valence electrons. The number of hydrogen-bond acceptors (Lipinski definition) is 4. The molecule has 1 aliphatic heterocycles. The van der Waals surface area contributed by atoms with Gasteiger partial charge in [-0.15, -0.1) is 0 Å². The summed E-state index contributed by atoms with van der Waals surface area (Å²) in [4.78, 5) is 22.0. The minimum absolute atomic E-state index is 0.0489. The second kappa shape index (κ2) is 9.42. The molecule has 2 aromatic carbocycles. The number of amides is 1. The Morgan fingerprint density at radius 2 is 1.55 bits per heavy atom. The molecular formula is C26H28N6O. The SMILES string of the molecule is Cn1nc(-c2ccccc2)cc1C(=O)N1CCN(CCn2ccnc2-c2ccccc2)CC1. The van der Waals surface area contributed by atoms with Gasteiger partial charge in [-0.1, -0.05) is 60.7 Å². The Balaban J connectivity index is 1.17. The third kappa shape index (κ3) is 4.59. The van der Waals surface area contributed by atoms with Crippen LogP contribution in [0.15, 0.2) is 79.1 Å². The maximum Gasteiger partial charge on any atom is 0.272 e. The van der Waals surface area contributed by atoms with Crippen LogP contribution >= 0.6 is 0 Å². The van der Waals surface area contributed by atoms with Crippen LogP contribution in [0.1, 0.15) is 10.5 Å². The Morgan fingerprint density at radius 1 is 0.879 bits per heavy atom. The number of rotatable bonds is 6. The largest absolute Gasteiger partial charge is 0.335 e. The molecule has 0 spiro atoms. The second-order valence-corrected chi connectivity index (χ2v) is 8.35. The lowest BCUT2D eigenvalue weighted by atomic mass is 10.1. The van der Waals surface area contributed by atoms with E-state index in [9.17, 15) is 4.79 Å². The third-order valence-corrected chi connectivity index (χ3v) is 6.23. The molecule has 0 radical (unpaired) electrons. The normalized spacial score (nSPS) is 14.5. The number of hydrogen-bond donors (Lipinski definition) is 0. The molecular weight excluding hydrogens is 412 g/mol. The maximum absolute atomic E-state index is 13.2. The molecule has 7 heteroatoms. The molecule has 5 rings (SSSR count). The van der Waals surface area contributed by atoms with Gasteiger partial charge < -0.3 is 9.47 Å². The van der Waals surface area contributed by atoms with E-state index in [0.717, 1.165) is 61.9 Å². The molecule has 0 unspecified atom stereocenters. The Morgan fingerprint density at radius 3 is 2.24 bits per heavy atom. The monoisotopic (exact) mass is 440 g/mol. The van der Waals surface area contributed by atoms with Crippen molar-refractivity contribution >= 4 is 5.91 Å². The number of carbonyl (C=O) groups excluding carboxylic acids is 1. The van der Waals surface area contributed by atoms with Crippen molar-refractivity contribution in [1.82, 2.24) is 29.1 Å². The number of piperazine rings is 1. The average Bonchev–Trinajstić information content (AvgIpc) is 3.50. The van der Waals surface area contributed by atoms with Crippen LogP contribution in [-0.4, -0.2) is 67.8 Å². The van der Waals surface area contributed by atoms with E-state index in [4.69, 9.17) is 0 Å². The van der Waals surface area contributed by atoms with Crippen LogP contribution in [0.5, 0.6) is 0 Å². The number of imidazole rings is 1. The van der Waals surface area contributed by atoms with Crippen molar-refractivity contribution in [1.29, 1.82) is 0 Å². The van der Waals surface area contributed by atoms with Crippen molar-refractivity contribution in [2.75, 3.05) is 32.7 Å². The summed E-state index contributed by atoms with van der Waals surface area (Å²) in [5.74, 6) is 1.04. The third-order valence-electron chi connectivity index (χ3n) is 6.23. The van der Waals surface area contributed by atoms with Crippen molar-refractivity contribution < 1.29 is 4.79 Å². The second-order valence-electron chi connectivity index (χ2n) is 8.35. The first-order valence-electron chi connectivity index (χ1n) is 11.4. The molecule has 1 aliphatic rings. The molecule has 3 heterocycles. The zero-order chi connectivity index (χ0) is 22.6. The van der Waals surface area contributed by atoms with Crippen LogP contribution in [0.3, 0.4) is 0 Å². The van der Waals surface area contributed by atoms with E-state index in [1.54, 1.807) is 4.68 Å². The Bertz CT molecular complexity index is 1210. The maximum atomic E-state index is 13.2. The van der Waals surface area contributed by atoms with E-state index in [1.807, 2.05) is 78.9 Å². The minimum atomic E-state index is 0.0489. The fraction of sp³-hybridized carbons (Fsp3) is 0.269. The Hall–Kier alpha value is -3.71. The molecule has 4 aromatic rings. The van der Waals surface area contributed by atoms with Crippen molar-refractivity contribution in [2.45, 2.75) is 6.54 Å². The summed E-state index contributed by atoms with van der Waals surface area (Å²) in [5.41, 5.74) is 3.61. The van der Waals surface area contributed by atoms with Crippen LogP contribution in [-0.2, 0) is 13.6 Å². The number of aryl methyl sites for hydroxylation is 1. The highest BCUT2D eigenvalue weighted by Crippen LogP contribution is 2.20. The number of aromatic nitrogens is 4. The van der Waals surface area contributed by atoms with E-state index >= 15 is 0 Å². The summed E-state index contributed by atoms with van der Waals surface area (Å²) in [6.45, 7) is 4.98. The van der Waals surface area contributed by atoms with Gasteiger partial charge in [-0.25, -0.2) is 4.98 Å². The van der Waals surface area contributed by atoms with E-state index in [1.165, 1.54) is 0 Å². The van der Waals surface area contributed by atoms with Gasteiger partial charge in [0.25, 0.3) is 5.91 Å². The molecule has 7 nitrogen and oxygen atoms in total. The molecule has 1 fully saturated rings. The quantitative estimate of drug-likeness (QED) is 0.461. The smallest absolute Gasteiger partial charge is 0.272 e. The van der Waals surface area contributed by atoms with Crippen LogP contribution in [0.2, 0.25) is 0 Å². The summed E-state index contributed by atoms with van der Waals surface area (Å²) < 4.78 is 3.90. The highest BCUT2D eigenvalue weighted by atomic mass is 16.2. The Labute approximate surface area is 193 Å². The number of benzene rings is 2. The van der Waals surface area contributed by atoms with Gasteiger partial charge >= 0.3 is 0 Å². The summed E-state index contributed by atoms with van der Waals surface area (Å²) in [7, 11) is 1.84. The molecule has 0 atom stereocenters. The summed E-state index contributed by atoms with van der Waals surface area (Å²) in [6.07, 6.45) is 3.89. The van der Waals surface area contributed by atoms with Gasteiger partial charge in [-0.3, -0.25) is 14.4 Å². The van der Waals surface area contributed by atoms with Gasteiger partial charge in [0.05, 0.1) is 5.69 Å². The highest BCUT2D eigenvalue weighted by Gasteiger charge is 2.25. The molecule has 0 N–H and O–H groups in total. The molecule has 0 aliphatic carbocycles. The lowest BCUT2D eigenvalue weighted by Crippen LogP contribution is -2.49. The predicted octanol–water partition coefficient (Wildman–Crippen LogP) is 3.41. The first-order chi connectivity index (χ1) is 16.2. The summed E-state index contributed by atoms with van der Waals surface area (Å²) in [5, 5.41) is 4.55. The van der Waals surface area contributed by atoms with Gasteiger partial charge in [0.1, 0.15) is 11.5 Å². The minimum Gasteiger partial charge on any atom is -0.335 e. The first kappa shape index (κ1) is 21.2. The van der Waals surface area contributed by atoms with E-state index < -0.39 is 0 Å². The number of nitrogens with zero attached hydrogens (tertiary/aromatic N) is 6. The lowest BCUT2D eigenvalue weighted by molar-refractivity contribution is 0.0622. The van der Waals surface area contributed by atoms with Crippen molar-refractivity contribution in [3.8, 4) is 22.6 Å². The first-order valence-corrected chi connectivity index (χ1v) is 11.4. The van der Waals surface area contributed by atoms with Crippen molar-refractivity contribution in [2.24, 2.45) is 7.05 Å². The van der Waals surface area contributed by atoms with Gasteiger partial charge in [-0.2, -0.15) is 5.10 Å². The number of carbonyl (C=O) groups is 1. The van der Waals surface area contributed by atoms with E-state index in [2.05, 4.69) is 31.7 Å². The molecule has 1 saturated heterocycles. The van der Waals surface area contributed by atoms with Crippen LogP contribution in [0, 0.1) is 0 Å². The van der Waals surface area contributed by atoms with Gasteiger partial charge in [0.15, 0.2) is 0 Å². The topological polar surface area (TPSA) is 59.2 Å². The fourth-order valence-electron chi connectivity index (χ4n) is 4.34. The zero-order valence-corrected chi connectivity index (χ0v) is 18.8. The lowest BCUT2D eigenvalue weighted by Gasteiger charge is -2.34. The average molecular weight is 441 g/mol. The standard InChI is InChI=1S/C26H28N6O/c1-29-24(20-23(28-29)21-8-4-2-5-9-21)26(33)32-18-15-30(16-19-32)14-17-31-13-12-27-25(31)22-10-6-3-7-11-22/h2-13,20H,14-19H2,1H3. The molecule has 0 bridgehead atoms.